The minimum absolute atomic E-state index is 0.213. The van der Waals surface area contributed by atoms with Crippen LogP contribution in [0, 0.1) is 5.92 Å². The Kier molecular flexibility index (Phi) is 3.64. The third-order valence-electron chi connectivity index (χ3n) is 3.35. The molecule has 2 atom stereocenters. The van der Waals surface area contributed by atoms with Crippen molar-refractivity contribution in [3.8, 4) is 0 Å². The van der Waals surface area contributed by atoms with Gasteiger partial charge in [-0.15, -0.1) is 0 Å². The predicted octanol–water partition coefficient (Wildman–Crippen LogP) is 0.897. The summed E-state index contributed by atoms with van der Waals surface area (Å²) in [5.74, 6) is 0.428. The average molecular weight is 223 g/mol. The number of nitrogens with zero attached hydrogens (tertiary/aromatic N) is 4. The molecule has 1 amide bonds. The Morgan fingerprint density at radius 1 is 1.62 bits per heavy atom. The monoisotopic (exact) mass is 223 g/mol. The van der Waals surface area contributed by atoms with Crippen LogP contribution in [0.2, 0.25) is 0 Å². The highest BCUT2D eigenvalue weighted by Crippen LogP contribution is 2.23. The lowest BCUT2D eigenvalue weighted by molar-refractivity contribution is -0.130. The number of hydrogen-bond donors (Lipinski definition) is 1. The van der Waals surface area contributed by atoms with Crippen LogP contribution in [0.15, 0.2) is 5.11 Å². The summed E-state index contributed by atoms with van der Waals surface area (Å²) >= 11 is 0. The van der Waals surface area contributed by atoms with Crippen molar-refractivity contribution < 1.29 is 4.79 Å². The van der Waals surface area contributed by atoms with E-state index in [0.29, 0.717) is 19.0 Å². The highest BCUT2D eigenvalue weighted by Gasteiger charge is 2.34. The van der Waals surface area contributed by atoms with Gasteiger partial charge in [-0.3, -0.25) is 4.79 Å². The first-order valence-electron chi connectivity index (χ1n) is 5.82. The van der Waals surface area contributed by atoms with E-state index in [1.54, 1.807) is 0 Å². The van der Waals surface area contributed by atoms with Crippen molar-refractivity contribution in [1.82, 2.24) is 10.2 Å². The molecule has 16 heavy (non-hydrogen) atoms. The molecule has 0 bridgehead atoms. The lowest BCUT2D eigenvalue weighted by Gasteiger charge is -2.31. The third kappa shape index (κ3) is 2.46. The van der Waals surface area contributed by atoms with Crippen LogP contribution >= 0.6 is 0 Å². The predicted molar refractivity (Wildman–Crippen MR) is 59.7 cm³/mol. The zero-order valence-electron chi connectivity index (χ0n) is 9.30. The molecule has 2 aliphatic heterocycles. The van der Waals surface area contributed by atoms with Crippen molar-refractivity contribution in [2.45, 2.75) is 25.3 Å². The molecule has 1 N–H and O–H groups in total. The van der Waals surface area contributed by atoms with Crippen LogP contribution < -0.4 is 5.32 Å². The molecular weight excluding hydrogens is 206 g/mol. The lowest BCUT2D eigenvalue weighted by atomic mass is 10.1. The fraction of sp³-hybridized carbons (Fsp3) is 0.900. The summed E-state index contributed by atoms with van der Waals surface area (Å²) in [7, 11) is 0. The number of likely N-dealkylation sites (tertiary alicyclic amines) is 1. The summed E-state index contributed by atoms with van der Waals surface area (Å²) in [5.41, 5.74) is 8.26. The maximum Gasteiger partial charge on any atom is 0.223 e. The first-order valence-corrected chi connectivity index (χ1v) is 5.82. The molecule has 6 nitrogen and oxygen atoms in total. The summed E-state index contributed by atoms with van der Waals surface area (Å²) in [4.78, 5) is 16.5. The van der Waals surface area contributed by atoms with Gasteiger partial charge >= 0.3 is 0 Å². The summed E-state index contributed by atoms with van der Waals surface area (Å²) in [6.07, 6.45) is 2.76. The maximum atomic E-state index is 11.8. The molecule has 88 valence electrons. The second-order valence-electron chi connectivity index (χ2n) is 4.53. The minimum Gasteiger partial charge on any atom is -0.338 e. The fourth-order valence-electron chi connectivity index (χ4n) is 2.54. The quantitative estimate of drug-likeness (QED) is 0.438. The number of carbonyl (C=O) groups excluding carboxylic acids is 1. The van der Waals surface area contributed by atoms with E-state index >= 15 is 0 Å². The van der Waals surface area contributed by atoms with Crippen LogP contribution in [0.1, 0.15) is 19.3 Å². The lowest BCUT2D eigenvalue weighted by Crippen LogP contribution is -2.46. The van der Waals surface area contributed by atoms with Gasteiger partial charge in [0.15, 0.2) is 0 Å². The Bertz CT molecular complexity index is 306. The molecule has 0 saturated carbocycles. The van der Waals surface area contributed by atoms with Crippen LogP contribution in [0.3, 0.4) is 0 Å². The first kappa shape index (κ1) is 11.2. The van der Waals surface area contributed by atoms with Crippen LogP contribution in [0.25, 0.3) is 10.4 Å². The van der Waals surface area contributed by atoms with Crippen LogP contribution in [0.4, 0.5) is 0 Å². The summed E-state index contributed by atoms with van der Waals surface area (Å²) in [6, 6.07) is 0.345. The van der Waals surface area contributed by atoms with Gasteiger partial charge in [0.25, 0.3) is 0 Å². The van der Waals surface area contributed by atoms with Crippen molar-refractivity contribution >= 4 is 5.91 Å². The molecule has 2 rings (SSSR count). The average Bonchev–Trinajstić information content (AvgIpc) is 2.69. The number of nitrogens with one attached hydrogen (secondary N) is 1. The Morgan fingerprint density at radius 3 is 3.19 bits per heavy atom. The summed E-state index contributed by atoms with van der Waals surface area (Å²) in [5, 5.41) is 6.87. The standard InChI is InChI=1S/C10H17N5O/c11-14-13-5-8-4-10(16)15(7-8)9-2-1-3-12-6-9/h8-9,12H,1-7H2. The van der Waals surface area contributed by atoms with Crippen LogP contribution in [0.5, 0.6) is 0 Å². The Hall–Kier alpha value is -1.26. The van der Waals surface area contributed by atoms with Gasteiger partial charge in [-0.25, -0.2) is 0 Å². The molecule has 0 spiro atoms. The molecule has 2 aliphatic rings. The van der Waals surface area contributed by atoms with Crippen molar-refractivity contribution in [3.05, 3.63) is 10.4 Å². The van der Waals surface area contributed by atoms with E-state index < -0.39 is 0 Å². The van der Waals surface area contributed by atoms with E-state index in [-0.39, 0.29) is 11.8 Å². The number of piperidine rings is 1. The zero-order valence-corrected chi connectivity index (χ0v) is 9.30. The Balaban J connectivity index is 1.90. The van der Waals surface area contributed by atoms with Crippen molar-refractivity contribution in [2.75, 3.05) is 26.2 Å². The van der Waals surface area contributed by atoms with Gasteiger partial charge in [0.05, 0.1) is 0 Å². The van der Waals surface area contributed by atoms with E-state index in [0.717, 1.165) is 32.5 Å². The van der Waals surface area contributed by atoms with Gasteiger partial charge in [0.2, 0.25) is 5.91 Å². The van der Waals surface area contributed by atoms with Gasteiger partial charge in [0, 0.05) is 37.0 Å². The Morgan fingerprint density at radius 2 is 2.50 bits per heavy atom. The molecule has 0 aromatic carbocycles. The third-order valence-corrected chi connectivity index (χ3v) is 3.35. The van der Waals surface area contributed by atoms with Gasteiger partial charge in [-0.05, 0) is 30.8 Å². The number of carbonyl (C=O) groups is 1. The Labute approximate surface area is 94.6 Å². The van der Waals surface area contributed by atoms with Gasteiger partial charge in [-0.1, -0.05) is 5.11 Å². The van der Waals surface area contributed by atoms with E-state index in [2.05, 4.69) is 15.3 Å². The van der Waals surface area contributed by atoms with Crippen molar-refractivity contribution in [3.63, 3.8) is 0 Å². The van der Waals surface area contributed by atoms with E-state index in [1.165, 1.54) is 0 Å². The highest BCUT2D eigenvalue weighted by molar-refractivity contribution is 5.79. The zero-order chi connectivity index (χ0) is 11.4. The van der Waals surface area contributed by atoms with Crippen LogP contribution in [-0.2, 0) is 4.79 Å². The largest absolute Gasteiger partial charge is 0.338 e. The molecule has 0 aliphatic carbocycles. The van der Waals surface area contributed by atoms with E-state index in [9.17, 15) is 4.79 Å². The molecule has 2 fully saturated rings. The van der Waals surface area contributed by atoms with Crippen LogP contribution in [-0.4, -0.2) is 43.0 Å². The second-order valence-corrected chi connectivity index (χ2v) is 4.53. The topological polar surface area (TPSA) is 81.1 Å². The molecular formula is C10H17N5O. The van der Waals surface area contributed by atoms with E-state index in [4.69, 9.17) is 5.53 Å². The number of amides is 1. The molecule has 2 saturated heterocycles. The summed E-state index contributed by atoms with van der Waals surface area (Å²) < 4.78 is 0. The second kappa shape index (κ2) is 5.18. The first-order chi connectivity index (χ1) is 7.81. The van der Waals surface area contributed by atoms with Gasteiger partial charge in [-0.2, -0.15) is 0 Å². The molecule has 0 aromatic heterocycles. The highest BCUT2D eigenvalue weighted by atomic mass is 16.2. The SMILES string of the molecule is [N-]=[N+]=NCC1CC(=O)N(C2CCCNC2)C1. The van der Waals surface area contributed by atoms with E-state index in [1.807, 2.05) is 4.90 Å². The molecule has 0 radical (unpaired) electrons. The molecule has 2 unspecified atom stereocenters. The molecule has 6 heteroatoms. The number of rotatable bonds is 3. The van der Waals surface area contributed by atoms with Gasteiger partial charge < -0.3 is 10.2 Å². The number of azide groups is 1. The summed E-state index contributed by atoms with van der Waals surface area (Å²) in [6.45, 7) is 3.16. The molecule has 2 heterocycles. The smallest absolute Gasteiger partial charge is 0.223 e. The minimum atomic E-state index is 0.213. The number of hydrogen-bond acceptors (Lipinski definition) is 3. The van der Waals surface area contributed by atoms with Gasteiger partial charge in [0.1, 0.15) is 0 Å². The van der Waals surface area contributed by atoms with Crippen molar-refractivity contribution in [1.29, 1.82) is 0 Å². The maximum absolute atomic E-state index is 11.8. The molecule has 0 aromatic rings. The fourth-order valence-corrected chi connectivity index (χ4v) is 2.54. The normalized spacial score (nSPS) is 30.2. The van der Waals surface area contributed by atoms with Crippen molar-refractivity contribution in [2.24, 2.45) is 11.0 Å².